The molecule has 1 aromatic heterocycles. The van der Waals surface area contributed by atoms with E-state index in [0.29, 0.717) is 23.9 Å². The predicted octanol–water partition coefficient (Wildman–Crippen LogP) is 3.70. The first-order chi connectivity index (χ1) is 9.19. The fraction of sp³-hybridized carbons (Fsp3) is 0.231. The van der Waals surface area contributed by atoms with E-state index in [1.54, 1.807) is 17.8 Å². The number of hydrogen-bond acceptors (Lipinski definition) is 5. The highest BCUT2D eigenvalue weighted by Crippen LogP contribution is 2.24. The van der Waals surface area contributed by atoms with Crippen LogP contribution in [0.2, 0.25) is 0 Å². The maximum absolute atomic E-state index is 5.86. The second kappa shape index (κ2) is 6.88. The Morgan fingerprint density at radius 3 is 2.84 bits per heavy atom. The lowest BCUT2D eigenvalue weighted by atomic mass is 10.2. The largest absolute Gasteiger partial charge is 0.338 e. The number of rotatable bonds is 6. The normalized spacial score (nSPS) is 12.3. The topological polar surface area (TPSA) is 64.9 Å². The Morgan fingerprint density at radius 1 is 1.42 bits per heavy atom. The van der Waals surface area contributed by atoms with Crippen LogP contribution in [-0.2, 0) is 5.75 Å². The summed E-state index contributed by atoms with van der Waals surface area (Å²) >= 11 is 5.06. The van der Waals surface area contributed by atoms with Gasteiger partial charge in [0.1, 0.15) is 0 Å². The lowest BCUT2D eigenvalue weighted by Crippen LogP contribution is -2.09. The fourth-order valence-electron chi connectivity index (χ4n) is 1.44. The summed E-state index contributed by atoms with van der Waals surface area (Å²) in [6, 6.07) is 7.82. The number of benzene rings is 1. The monoisotopic (exact) mass is 339 g/mol. The number of nitrogens with zero attached hydrogens (tertiary/aromatic N) is 2. The number of halogens is 1. The quantitative estimate of drug-likeness (QED) is 0.642. The highest BCUT2D eigenvalue weighted by Gasteiger charge is 2.13. The average Bonchev–Trinajstić information content (AvgIpc) is 2.87. The molecule has 2 aromatic rings. The molecule has 0 aliphatic carbocycles. The molecule has 0 saturated carbocycles. The van der Waals surface area contributed by atoms with Gasteiger partial charge in [-0.2, -0.15) is 4.98 Å². The Bertz CT molecular complexity index is 541. The number of nitrogens with two attached hydrogens (primary N) is 1. The molecule has 0 bridgehead atoms. The zero-order valence-electron chi connectivity index (χ0n) is 10.3. The van der Waals surface area contributed by atoms with Crippen molar-refractivity contribution in [3.63, 3.8) is 0 Å². The van der Waals surface area contributed by atoms with Crippen LogP contribution in [0.1, 0.15) is 24.2 Å². The molecule has 0 radical (unpaired) electrons. The van der Waals surface area contributed by atoms with Gasteiger partial charge in [-0.3, -0.25) is 0 Å². The third-order valence-corrected chi connectivity index (χ3v) is 3.94. The van der Waals surface area contributed by atoms with E-state index >= 15 is 0 Å². The van der Waals surface area contributed by atoms with Crippen LogP contribution in [0, 0.1) is 0 Å². The van der Waals surface area contributed by atoms with Crippen molar-refractivity contribution in [2.24, 2.45) is 5.73 Å². The first-order valence-corrected chi connectivity index (χ1v) is 7.54. The van der Waals surface area contributed by atoms with E-state index in [9.17, 15) is 0 Å². The van der Waals surface area contributed by atoms with Crippen LogP contribution in [-0.4, -0.2) is 10.1 Å². The second-order valence-electron chi connectivity index (χ2n) is 3.92. The molecule has 6 heteroatoms. The molecule has 0 spiro atoms. The van der Waals surface area contributed by atoms with E-state index in [-0.39, 0.29) is 6.04 Å². The van der Waals surface area contributed by atoms with Crippen molar-refractivity contribution in [3.05, 3.63) is 53.1 Å². The standard InChI is InChI=1S/C13H14BrN3OS/c1-2-3-11(15)13-16-12(17-18-13)8-19-10-6-4-9(14)5-7-10/h2,4-7,11H,1,3,8,15H2. The third kappa shape index (κ3) is 4.19. The van der Waals surface area contributed by atoms with Gasteiger partial charge in [-0.1, -0.05) is 27.2 Å². The molecule has 1 unspecified atom stereocenters. The molecule has 1 heterocycles. The van der Waals surface area contributed by atoms with Crippen LogP contribution in [0.4, 0.5) is 0 Å². The molecule has 1 aromatic carbocycles. The van der Waals surface area contributed by atoms with Crippen molar-refractivity contribution < 1.29 is 4.52 Å². The van der Waals surface area contributed by atoms with Crippen molar-refractivity contribution in [3.8, 4) is 0 Å². The highest BCUT2D eigenvalue weighted by molar-refractivity contribution is 9.10. The third-order valence-electron chi connectivity index (χ3n) is 2.40. The molecule has 0 saturated heterocycles. The van der Waals surface area contributed by atoms with Gasteiger partial charge in [-0.25, -0.2) is 0 Å². The molecule has 2 N–H and O–H groups in total. The van der Waals surface area contributed by atoms with E-state index in [4.69, 9.17) is 10.3 Å². The molecule has 0 aliphatic heterocycles. The first-order valence-electron chi connectivity index (χ1n) is 5.76. The van der Waals surface area contributed by atoms with Gasteiger partial charge in [0.15, 0.2) is 5.82 Å². The van der Waals surface area contributed by atoms with Crippen LogP contribution < -0.4 is 5.73 Å². The van der Waals surface area contributed by atoms with Gasteiger partial charge in [0.05, 0.1) is 11.8 Å². The lowest BCUT2D eigenvalue weighted by Gasteiger charge is -2.00. The predicted molar refractivity (Wildman–Crippen MR) is 79.7 cm³/mol. The molecule has 1 atom stereocenters. The maximum atomic E-state index is 5.86. The van der Waals surface area contributed by atoms with Crippen LogP contribution in [0.3, 0.4) is 0 Å². The minimum Gasteiger partial charge on any atom is -0.338 e. The molecule has 19 heavy (non-hydrogen) atoms. The summed E-state index contributed by atoms with van der Waals surface area (Å²) in [6.45, 7) is 3.64. The van der Waals surface area contributed by atoms with Crippen LogP contribution in [0.25, 0.3) is 0 Å². The molecule has 0 fully saturated rings. The zero-order valence-corrected chi connectivity index (χ0v) is 12.7. The summed E-state index contributed by atoms with van der Waals surface area (Å²) in [6.07, 6.45) is 2.37. The van der Waals surface area contributed by atoms with Gasteiger partial charge in [0.2, 0.25) is 5.89 Å². The Hall–Kier alpha value is -1.11. The van der Waals surface area contributed by atoms with Gasteiger partial charge in [0, 0.05) is 9.37 Å². The molecule has 0 amide bonds. The lowest BCUT2D eigenvalue weighted by molar-refractivity contribution is 0.352. The summed E-state index contributed by atoms with van der Waals surface area (Å²) in [5.74, 6) is 1.78. The summed E-state index contributed by atoms with van der Waals surface area (Å²) in [5.41, 5.74) is 5.86. The van der Waals surface area contributed by atoms with E-state index in [2.05, 4.69) is 32.6 Å². The van der Waals surface area contributed by atoms with Crippen molar-refractivity contribution >= 4 is 27.7 Å². The number of thioether (sulfide) groups is 1. The summed E-state index contributed by atoms with van der Waals surface area (Å²) in [7, 11) is 0. The van der Waals surface area contributed by atoms with Crippen molar-refractivity contribution in [1.29, 1.82) is 0 Å². The summed E-state index contributed by atoms with van der Waals surface area (Å²) in [5, 5.41) is 3.92. The van der Waals surface area contributed by atoms with Crippen molar-refractivity contribution in [2.45, 2.75) is 23.1 Å². The SMILES string of the molecule is C=CCC(N)c1nc(CSc2ccc(Br)cc2)no1. The van der Waals surface area contributed by atoms with E-state index in [1.165, 1.54) is 0 Å². The first kappa shape index (κ1) is 14.3. The minimum atomic E-state index is -0.267. The van der Waals surface area contributed by atoms with Gasteiger partial charge < -0.3 is 10.3 Å². The van der Waals surface area contributed by atoms with Crippen LogP contribution >= 0.6 is 27.7 Å². The number of hydrogen-bond donors (Lipinski definition) is 1. The Labute approximate surface area is 124 Å². The fourth-order valence-corrected chi connectivity index (χ4v) is 2.44. The van der Waals surface area contributed by atoms with Crippen molar-refractivity contribution in [1.82, 2.24) is 10.1 Å². The maximum Gasteiger partial charge on any atom is 0.243 e. The molecular formula is C13H14BrN3OS. The van der Waals surface area contributed by atoms with Crippen molar-refractivity contribution in [2.75, 3.05) is 0 Å². The Kier molecular flexibility index (Phi) is 5.18. The summed E-state index contributed by atoms with van der Waals surface area (Å²) < 4.78 is 6.20. The van der Waals surface area contributed by atoms with Gasteiger partial charge in [0.25, 0.3) is 0 Å². The molecule has 0 aliphatic rings. The van der Waals surface area contributed by atoms with E-state index in [1.807, 2.05) is 24.3 Å². The average molecular weight is 340 g/mol. The minimum absolute atomic E-state index is 0.267. The van der Waals surface area contributed by atoms with Crippen LogP contribution in [0.15, 0.2) is 50.8 Å². The van der Waals surface area contributed by atoms with Gasteiger partial charge in [-0.15, -0.1) is 18.3 Å². The molecule has 4 nitrogen and oxygen atoms in total. The Balaban J connectivity index is 1.93. The molecular weight excluding hydrogens is 326 g/mol. The van der Waals surface area contributed by atoms with Gasteiger partial charge in [-0.05, 0) is 30.7 Å². The molecule has 2 rings (SSSR count). The second-order valence-corrected chi connectivity index (χ2v) is 5.89. The summed E-state index contributed by atoms with van der Waals surface area (Å²) in [4.78, 5) is 5.44. The highest BCUT2D eigenvalue weighted by atomic mass is 79.9. The van der Waals surface area contributed by atoms with E-state index in [0.717, 1.165) is 9.37 Å². The smallest absolute Gasteiger partial charge is 0.243 e. The van der Waals surface area contributed by atoms with Gasteiger partial charge >= 0.3 is 0 Å². The molecule has 100 valence electrons. The number of aromatic nitrogens is 2. The van der Waals surface area contributed by atoms with Crippen LogP contribution in [0.5, 0.6) is 0 Å². The Morgan fingerprint density at radius 2 is 2.16 bits per heavy atom. The zero-order chi connectivity index (χ0) is 13.7. The van der Waals surface area contributed by atoms with E-state index < -0.39 is 0 Å².